The average Bonchev–Trinajstić information content (AvgIpc) is 2.81. The number of hydrogen-bond donors (Lipinski definition) is 0. The minimum atomic E-state index is -0.421. The molecule has 0 saturated heterocycles. The van der Waals surface area contributed by atoms with Crippen molar-refractivity contribution in [1.82, 2.24) is 9.78 Å². The Kier molecular flexibility index (Phi) is 5.76. The zero-order chi connectivity index (χ0) is 17.7. The topological polar surface area (TPSA) is 70.4 Å². The van der Waals surface area contributed by atoms with E-state index in [9.17, 15) is 9.59 Å². The highest BCUT2D eigenvalue weighted by atomic mass is 35.5. The van der Waals surface area contributed by atoms with Gasteiger partial charge in [0.2, 0.25) is 5.88 Å². The van der Waals surface area contributed by atoms with Crippen LogP contribution in [0.4, 0.5) is 0 Å². The number of aldehydes is 1. The van der Waals surface area contributed by atoms with E-state index in [1.54, 1.807) is 45.2 Å². The summed E-state index contributed by atoms with van der Waals surface area (Å²) in [4.78, 5) is 22.5. The predicted molar refractivity (Wildman–Crippen MR) is 90.5 cm³/mol. The van der Waals surface area contributed by atoms with E-state index in [4.69, 9.17) is 21.1 Å². The van der Waals surface area contributed by atoms with E-state index < -0.39 is 5.97 Å². The van der Waals surface area contributed by atoms with Crippen molar-refractivity contribution in [2.75, 3.05) is 6.61 Å². The molecule has 1 aromatic carbocycles. The fourth-order valence-electron chi connectivity index (χ4n) is 2.07. The van der Waals surface area contributed by atoms with Crippen LogP contribution in [-0.2, 0) is 16.6 Å². The normalized spacial score (nSPS) is 10.8. The molecule has 0 spiro atoms. The van der Waals surface area contributed by atoms with Gasteiger partial charge in [-0.3, -0.25) is 4.79 Å². The van der Waals surface area contributed by atoms with Crippen LogP contribution < -0.4 is 4.74 Å². The molecule has 1 aromatic heterocycles. The van der Waals surface area contributed by atoms with Crippen molar-refractivity contribution in [3.63, 3.8) is 0 Å². The summed E-state index contributed by atoms with van der Waals surface area (Å²) in [7, 11) is 1.68. The van der Waals surface area contributed by atoms with E-state index in [0.29, 0.717) is 40.8 Å². The van der Waals surface area contributed by atoms with Crippen molar-refractivity contribution in [2.45, 2.75) is 13.8 Å². The number of carbonyl (C=O) groups is 2. The number of carbonyl (C=O) groups excluding carboxylic acids is 2. The second-order valence-electron chi connectivity index (χ2n) is 4.92. The summed E-state index contributed by atoms with van der Waals surface area (Å²) >= 11 is 6.22. The second-order valence-corrected chi connectivity index (χ2v) is 5.33. The molecule has 0 radical (unpaired) electrons. The quantitative estimate of drug-likeness (QED) is 0.453. The van der Waals surface area contributed by atoms with Crippen LogP contribution in [0.3, 0.4) is 0 Å². The molecule has 126 valence electrons. The number of hydrogen-bond acceptors (Lipinski definition) is 5. The molecule has 2 rings (SSSR count). The minimum Gasteiger partial charge on any atom is -0.463 e. The van der Waals surface area contributed by atoms with E-state index in [1.165, 1.54) is 10.8 Å². The van der Waals surface area contributed by atoms with Gasteiger partial charge in [-0.15, -0.1) is 0 Å². The zero-order valence-electron chi connectivity index (χ0n) is 13.6. The number of aryl methyl sites for hydroxylation is 2. The third kappa shape index (κ3) is 4.02. The first-order valence-electron chi connectivity index (χ1n) is 7.27. The van der Waals surface area contributed by atoms with Gasteiger partial charge in [0, 0.05) is 13.1 Å². The highest BCUT2D eigenvalue weighted by Gasteiger charge is 2.16. The van der Waals surface area contributed by atoms with Gasteiger partial charge in [-0.05, 0) is 37.6 Å². The van der Waals surface area contributed by atoms with E-state index in [1.807, 2.05) is 0 Å². The van der Waals surface area contributed by atoms with Crippen LogP contribution in [0.15, 0.2) is 24.3 Å². The summed E-state index contributed by atoms with van der Waals surface area (Å²) in [5.41, 5.74) is 1.67. The smallest absolute Gasteiger partial charge is 0.330 e. The maximum Gasteiger partial charge on any atom is 0.330 e. The monoisotopic (exact) mass is 348 g/mol. The summed E-state index contributed by atoms with van der Waals surface area (Å²) in [6.07, 6.45) is 3.62. The number of aromatic nitrogens is 2. The Labute approximate surface area is 144 Å². The molecular weight excluding hydrogens is 332 g/mol. The molecule has 24 heavy (non-hydrogen) atoms. The second kappa shape index (κ2) is 7.79. The van der Waals surface area contributed by atoms with Crippen LogP contribution >= 0.6 is 11.6 Å². The van der Waals surface area contributed by atoms with Gasteiger partial charge < -0.3 is 9.47 Å². The van der Waals surface area contributed by atoms with Gasteiger partial charge in [-0.1, -0.05) is 17.7 Å². The number of nitrogens with zero attached hydrogens (tertiary/aromatic N) is 2. The molecule has 0 saturated carbocycles. The fourth-order valence-corrected chi connectivity index (χ4v) is 2.30. The third-order valence-corrected chi connectivity index (χ3v) is 3.49. The van der Waals surface area contributed by atoms with Crippen molar-refractivity contribution < 1.29 is 19.1 Å². The number of rotatable bonds is 6. The molecule has 0 unspecified atom stereocenters. The molecule has 0 aliphatic rings. The van der Waals surface area contributed by atoms with Gasteiger partial charge in [0.05, 0.1) is 22.9 Å². The van der Waals surface area contributed by atoms with Crippen molar-refractivity contribution in [2.24, 2.45) is 7.05 Å². The van der Waals surface area contributed by atoms with Crippen molar-refractivity contribution in [3.05, 3.63) is 46.1 Å². The van der Waals surface area contributed by atoms with Crippen LogP contribution in [0.5, 0.6) is 11.6 Å². The van der Waals surface area contributed by atoms with Crippen LogP contribution in [0.25, 0.3) is 6.08 Å². The minimum absolute atomic E-state index is 0.319. The molecule has 0 fully saturated rings. The number of ether oxygens (including phenoxy) is 2. The van der Waals surface area contributed by atoms with Crippen molar-refractivity contribution >= 4 is 29.9 Å². The molecule has 6 nitrogen and oxygen atoms in total. The SMILES string of the molecule is CCOC(=O)/C=C/c1ccc(Oc2c(C=O)c(C)nn2C)c(Cl)c1. The zero-order valence-corrected chi connectivity index (χ0v) is 14.3. The Morgan fingerprint density at radius 3 is 2.79 bits per heavy atom. The van der Waals surface area contributed by atoms with E-state index in [2.05, 4.69) is 5.10 Å². The molecule has 1 heterocycles. The van der Waals surface area contributed by atoms with E-state index >= 15 is 0 Å². The van der Waals surface area contributed by atoms with Crippen LogP contribution in [0, 0.1) is 6.92 Å². The van der Waals surface area contributed by atoms with Gasteiger partial charge in [-0.2, -0.15) is 5.10 Å². The lowest BCUT2D eigenvalue weighted by atomic mass is 10.2. The molecule has 0 atom stereocenters. The summed E-state index contributed by atoms with van der Waals surface area (Å²) in [6.45, 7) is 3.78. The van der Waals surface area contributed by atoms with Crippen molar-refractivity contribution in [1.29, 1.82) is 0 Å². The first-order valence-corrected chi connectivity index (χ1v) is 7.65. The molecule has 7 heteroatoms. The third-order valence-electron chi connectivity index (χ3n) is 3.19. The standard InChI is InChI=1S/C17H17ClN2O4/c1-4-23-16(22)8-6-12-5-7-15(14(18)9-12)24-17-13(10-21)11(2)19-20(17)3/h5-10H,4H2,1-3H3/b8-6+. The number of esters is 1. The Hall–Kier alpha value is -2.60. The molecular formula is C17H17ClN2O4. The maximum atomic E-state index is 11.3. The number of halogens is 1. The Bertz CT molecular complexity index is 796. The molecule has 0 amide bonds. The van der Waals surface area contributed by atoms with Gasteiger partial charge in [-0.25, -0.2) is 9.48 Å². The maximum absolute atomic E-state index is 11.3. The van der Waals surface area contributed by atoms with Crippen LogP contribution in [-0.4, -0.2) is 28.6 Å². The number of benzene rings is 1. The lowest BCUT2D eigenvalue weighted by Crippen LogP contribution is -1.98. The largest absolute Gasteiger partial charge is 0.463 e. The Morgan fingerprint density at radius 2 is 2.17 bits per heavy atom. The summed E-state index contributed by atoms with van der Waals surface area (Å²) in [5, 5.41) is 4.49. The van der Waals surface area contributed by atoms with Gasteiger partial charge in [0.15, 0.2) is 6.29 Å². The van der Waals surface area contributed by atoms with Crippen LogP contribution in [0.2, 0.25) is 5.02 Å². The van der Waals surface area contributed by atoms with E-state index in [-0.39, 0.29) is 0 Å². The first kappa shape index (κ1) is 17.7. The predicted octanol–water partition coefficient (Wildman–Crippen LogP) is 3.56. The summed E-state index contributed by atoms with van der Waals surface area (Å²) in [6, 6.07) is 5.04. The average molecular weight is 349 g/mol. The van der Waals surface area contributed by atoms with Gasteiger partial charge >= 0.3 is 5.97 Å². The summed E-state index contributed by atoms with van der Waals surface area (Å²) in [5.74, 6) is 0.283. The van der Waals surface area contributed by atoms with Crippen LogP contribution in [0.1, 0.15) is 28.5 Å². The Morgan fingerprint density at radius 1 is 1.42 bits per heavy atom. The lowest BCUT2D eigenvalue weighted by Gasteiger charge is -2.09. The first-order chi connectivity index (χ1) is 11.5. The fraction of sp³-hybridized carbons (Fsp3) is 0.235. The Balaban J connectivity index is 2.22. The highest BCUT2D eigenvalue weighted by Crippen LogP contribution is 2.32. The lowest BCUT2D eigenvalue weighted by molar-refractivity contribution is -0.137. The van der Waals surface area contributed by atoms with Crippen molar-refractivity contribution in [3.8, 4) is 11.6 Å². The molecule has 2 aromatic rings. The summed E-state index contributed by atoms with van der Waals surface area (Å²) < 4.78 is 12.0. The highest BCUT2D eigenvalue weighted by molar-refractivity contribution is 6.32. The van der Waals surface area contributed by atoms with Gasteiger partial charge in [0.25, 0.3) is 0 Å². The van der Waals surface area contributed by atoms with Gasteiger partial charge in [0.1, 0.15) is 5.75 Å². The molecule has 0 N–H and O–H groups in total. The molecule has 0 aliphatic heterocycles. The van der Waals surface area contributed by atoms with E-state index in [0.717, 1.165) is 5.56 Å². The molecule has 0 aliphatic carbocycles. The molecule has 0 bridgehead atoms.